The Labute approximate surface area is 430 Å². The van der Waals surface area contributed by atoms with Crippen LogP contribution < -0.4 is 0 Å². The summed E-state index contributed by atoms with van der Waals surface area (Å²) in [5.41, 5.74) is 0. The van der Waals surface area contributed by atoms with Gasteiger partial charge in [0.2, 0.25) is 0 Å². The van der Waals surface area contributed by atoms with Crippen molar-refractivity contribution in [3.63, 3.8) is 0 Å². The molecule has 0 aliphatic carbocycles. The Hall–Kier alpha value is -4.74. The molecule has 0 saturated carbocycles. The third-order valence-electron chi connectivity index (χ3n) is 10.7. The molecule has 0 amide bonds. The number of hydrogen-bond donors (Lipinski definition) is 0. The van der Waals surface area contributed by atoms with Gasteiger partial charge in [-0.25, -0.2) is 0 Å². The van der Waals surface area contributed by atoms with Gasteiger partial charge in [0.05, 0.1) is 6.61 Å². The van der Waals surface area contributed by atoms with E-state index in [0.29, 0.717) is 19.4 Å². The number of unbranched alkanes of at least 4 members (excludes halogenated alkanes) is 9. The van der Waals surface area contributed by atoms with Gasteiger partial charge in [-0.2, -0.15) is 0 Å². The standard InChI is InChI=1S/C65H100O5/c1-4-7-10-13-16-19-22-25-28-30-32-34-36-39-42-45-48-51-54-57-60-68-61-63(70-65(67)59-56-53-50-47-44-41-37-27-24-21-18-15-12-9-6-3)62-69-64(66)58-55-52-49-46-43-40-38-35-33-31-29-26-23-20-17-14-11-8-5-2/h7-8,10-11,16-21,25-29,32-35,37,39-40,42-43,48-49,51-52,63H,4-6,9,12-15,22-24,30-31,36,38,41,44-47,50,53-62H2,1-3H3/b10-7-,11-8-,19-16-,20-17-,21-18-,28-25-,29-26-,34-32-,35-33-,37-27-,42-39-,43-40-,51-48-,52-49-. The molecule has 0 aromatic heterocycles. The lowest BCUT2D eigenvalue weighted by molar-refractivity contribution is -0.162. The highest BCUT2D eigenvalue weighted by Gasteiger charge is 2.17. The summed E-state index contributed by atoms with van der Waals surface area (Å²) in [6.45, 7) is 7.30. The largest absolute Gasteiger partial charge is 0.462 e. The van der Waals surface area contributed by atoms with Crippen molar-refractivity contribution >= 4 is 11.9 Å². The summed E-state index contributed by atoms with van der Waals surface area (Å²) >= 11 is 0. The molecule has 0 radical (unpaired) electrons. The molecule has 5 heteroatoms. The molecule has 0 rings (SSSR count). The maximum Gasteiger partial charge on any atom is 0.306 e. The molecule has 0 spiro atoms. The van der Waals surface area contributed by atoms with Crippen molar-refractivity contribution in [1.29, 1.82) is 0 Å². The highest BCUT2D eigenvalue weighted by atomic mass is 16.6. The molecule has 5 nitrogen and oxygen atoms in total. The van der Waals surface area contributed by atoms with Crippen LogP contribution in [-0.4, -0.2) is 37.9 Å². The van der Waals surface area contributed by atoms with Crippen molar-refractivity contribution in [1.82, 2.24) is 0 Å². The van der Waals surface area contributed by atoms with Crippen molar-refractivity contribution in [3.05, 3.63) is 170 Å². The van der Waals surface area contributed by atoms with Gasteiger partial charge in [0.15, 0.2) is 6.10 Å². The second-order valence-corrected chi connectivity index (χ2v) is 17.4. The minimum atomic E-state index is -0.619. The summed E-state index contributed by atoms with van der Waals surface area (Å²) in [7, 11) is 0. The Bertz CT molecular complexity index is 1600. The van der Waals surface area contributed by atoms with E-state index in [2.05, 4.69) is 185 Å². The number of rotatable bonds is 48. The Morgan fingerprint density at radius 2 is 0.671 bits per heavy atom. The van der Waals surface area contributed by atoms with Gasteiger partial charge in [-0.1, -0.05) is 223 Å². The molecule has 0 N–H and O–H groups in total. The molecule has 1 atom stereocenters. The highest BCUT2D eigenvalue weighted by molar-refractivity contribution is 5.70. The minimum absolute atomic E-state index is 0.00361. The Morgan fingerprint density at radius 3 is 1.09 bits per heavy atom. The van der Waals surface area contributed by atoms with Crippen LogP contribution >= 0.6 is 0 Å². The zero-order valence-electron chi connectivity index (χ0n) is 44.7. The summed E-state index contributed by atoms with van der Waals surface area (Å²) < 4.78 is 17.3. The van der Waals surface area contributed by atoms with Gasteiger partial charge >= 0.3 is 11.9 Å². The Morgan fingerprint density at radius 1 is 0.329 bits per heavy atom. The van der Waals surface area contributed by atoms with E-state index in [9.17, 15) is 9.59 Å². The van der Waals surface area contributed by atoms with Crippen LogP contribution in [0.4, 0.5) is 0 Å². The predicted molar refractivity (Wildman–Crippen MR) is 306 cm³/mol. The SMILES string of the molecule is CC/C=C\C/C=C\C/C=C\C/C=C\C/C=C\C/C=C\CCCOCC(COC(=O)CC/C=C\C/C=C\C/C=C\C/C=C\C/C=C\C/C=C\CC)OC(=O)CCCCCCC/C=C\C/C=C\CCCCC. The number of ether oxygens (including phenoxy) is 3. The van der Waals surface area contributed by atoms with Crippen LogP contribution in [0, 0.1) is 0 Å². The van der Waals surface area contributed by atoms with Crippen molar-refractivity contribution in [2.45, 2.75) is 207 Å². The number of hydrogen-bond acceptors (Lipinski definition) is 5. The number of carbonyl (C=O) groups is 2. The third kappa shape index (κ3) is 55.9. The topological polar surface area (TPSA) is 61.8 Å². The van der Waals surface area contributed by atoms with Gasteiger partial charge in [-0.3, -0.25) is 9.59 Å². The zero-order valence-corrected chi connectivity index (χ0v) is 44.7. The summed E-state index contributed by atoms with van der Waals surface area (Å²) in [4.78, 5) is 25.5. The Balaban J connectivity index is 4.56. The molecule has 70 heavy (non-hydrogen) atoms. The first-order valence-electron chi connectivity index (χ1n) is 27.7. The smallest absolute Gasteiger partial charge is 0.306 e. The van der Waals surface area contributed by atoms with Crippen molar-refractivity contribution < 1.29 is 23.8 Å². The maximum absolute atomic E-state index is 12.8. The first-order valence-corrected chi connectivity index (χ1v) is 27.7. The van der Waals surface area contributed by atoms with E-state index in [1.165, 1.54) is 32.1 Å². The van der Waals surface area contributed by atoms with E-state index in [1.54, 1.807) is 0 Å². The van der Waals surface area contributed by atoms with E-state index in [0.717, 1.165) is 128 Å². The molecule has 0 bridgehead atoms. The van der Waals surface area contributed by atoms with E-state index >= 15 is 0 Å². The molecule has 0 heterocycles. The van der Waals surface area contributed by atoms with Crippen molar-refractivity contribution in [2.24, 2.45) is 0 Å². The number of carbonyl (C=O) groups excluding carboxylic acids is 2. The fourth-order valence-electron chi connectivity index (χ4n) is 6.70. The van der Waals surface area contributed by atoms with Gasteiger partial charge < -0.3 is 14.2 Å². The predicted octanol–water partition coefficient (Wildman–Crippen LogP) is 19.2. The van der Waals surface area contributed by atoms with E-state index < -0.39 is 6.10 Å². The fourth-order valence-corrected chi connectivity index (χ4v) is 6.70. The first-order chi connectivity index (χ1) is 34.6. The van der Waals surface area contributed by atoms with Gasteiger partial charge in [0.1, 0.15) is 6.61 Å². The molecule has 1 unspecified atom stereocenters. The van der Waals surface area contributed by atoms with Crippen LogP contribution in [0.1, 0.15) is 201 Å². The van der Waals surface area contributed by atoms with Gasteiger partial charge in [-0.15, -0.1) is 0 Å². The molecule has 0 fully saturated rings. The summed E-state index contributed by atoms with van der Waals surface area (Å²) in [6.07, 6.45) is 88.2. The molecular formula is C65H100O5. The Kier molecular flexibility index (Phi) is 54.6. The van der Waals surface area contributed by atoms with Crippen LogP contribution in [0.2, 0.25) is 0 Å². The van der Waals surface area contributed by atoms with Crippen LogP contribution in [0.3, 0.4) is 0 Å². The molecule has 0 aliphatic rings. The molecule has 0 saturated heterocycles. The van der Waals surface area contributed by atoms with E-state index in [-0.39, 0.29) is 31.6 Å². The summed E-state index contributed by atoms with van der Waals surface area (Å²) in [6, 6.07) is 0. The van der Waals surface area contributed by atoms with Gasteiger partial charge in [0, 0.05) is 19.4 Å². The van der Waals surface area contributed by atoms with Crippen LogP contribution in [-0.2, 0) is 23.8 Å². The number of esters is 2. The van der Waals surface area contributed by atoms with Gasteiger partial charge in [-0.05, 0) is 135 Å². The average Bonchev–Trinajstić information content (AvgIpc) is 3.36. The molecule has 390 valence electrons. The highest BCUT2D eigenvalue weighted by Crippen LogP contribution is 2.11. The lowest BCUT2D eigenvalue weighted by Gasteiger charge is -2.18. The van der Waals surface area contributed by atoms with Crippen LogP contribution in [0.25, 0.3) is 0 Å². The van der Waals surface area contributed by atoms with Gasteiger partial charge in [0.25, 0.3) is 0 Å². The maximum atomic E-state index is 12.8. The first kappa shape index (κ1) is 65.3. The summed E-state index contributed by atoms with van der Waals surface area (Å²) in [5.74, 6) is -0.557. The zero-order chi connectivity index (χ0) is 50.6. The number of allylic oxidation sites excluding steroid dienone is 28. The fraction of sp³-hybridized carbons (Fsp3) is 0.538. The molecule has 0 aromatic carbocycles. The summed E-state index contributed by atoms with van der Waals surface area (Å²) in [5, 5.41) is 0. The second kappa shape index (κ2) is 58.6. The third-order valence-corrected chi connectivity index (χ3v) is 10.7. The lowest BCUT2D eigenvalue weighted by Crippen LogP contribution is -2.30. The van der Waals surface area contributed by atoms with Crippen LogP contribution in [0.5, 0.6) is 0 Å². The van der Waals surface area contributed by atoms with Crippen LogP contribution in [0.15, 0.2) is 170 Å². The minimum Gasteiger partial charge on any atom is -0.462 e. The monoisotopic (exact) mass is 961 g/mol. The molecule has 0 aliphatic heterocycles. The molecular weight excluding hydrogens is 861 g/mol. The van der Waals surface area contributed by atoms with Crippen molar-refractivity contribution in [3.8, 4) is 0 Å². The van der Waals surface area contributed by atoms with E-state index in [4.69, 9.17) is 14.2 Å². The second-order valence-electron chi connectivity index (χ2n) is 17.4. The normalized spacial score (nSPS) is 13.6. The van der Waals surface area contributed by atoms with E-state index in [1.807, 2.05) is 6.08 Å². The lowest BCUT2D eigenvalue weighted by atomic mass is 10.1. The molecule has 0 aromatic rings. The quantitative estimate of drug-likeness (QED) is 0.0345. The van der Waals surface area contributed by atoms with Crippen molar-refractivity contribution in [2.75, 3.05) is 19.8 Å². The average molecular weight is 962 g/mol.